The molecule has 0 unspecified atom stereocenters. The number of likely N-dealkylation sites (tertiary alicyclic amines) is 1. The van der Waals surface area contributed by atoms with E-state index >= 15 is 0 Å². The normalized spacial score (nSPS) is 14.3. The summed E-state index contributed by atoms with van der Waals surface area (Å²) in [5.41, 5.74) is 1.76. The number of hydrogen-bond acceptors (Lipinski definition) is 5. The van der Waals surface area contributed by atoms with Gasteiger partial charge < -0.3 is 14.5 Å². The molecule has 0 atom stereocenters. The van der Waals surface area contributed by atoms with Crippen molar-refractivity contribution in [1.29, 1.82) is 0 Å². The van der Waals surface area contributed by atoms with Crippen LogP contribution in [0.15, 0.2) is 49.2 Å². The number of piperidine rings is 1. The molecule has 2 heterocycles. The lowest BCUT2D eigenvalue weighted by Gasteiger charge is -2.32. The minimum absolute atomic E-state index is 0.0511. The van der Waals surface area contributed by atoms with Gasteiger partial charge in [0.1, 0.15) is 11.6 Å². The van der Waals surface area contributed by atoms with Crippen LogP contribution in [-0.2, 0) is 9.59 Å². The van der Waals surface area contributed by atoms with Gasteiger partial charge in [-0.15, -0.1) is 0 Å². The number of carbonyl (C=O) groups is 2. The first-order chi connectivity index (χ1) is 14.0. The molecule has 1 saturated heterocycles. The van der Waals surface area contributed by atoms with Crippen molar-refractivity contribution in [3.05, 3.63) is 55.0 Å². The molecule has 0 saturated carbocycles. The summed E-state index contributed by atoms with van der Waals surface area (Å²) >= 11 is 0. The molecule has 152 valence electrons. The summed E-state index contributed by atoms with van der Waals surface area (Å²) in [7, 11) is 3.25. The number of amides is 2. The summed E-state index contributed by atoms with van der Waals surface area (Å²) in [5.74, 6) is 1.45. The van der Waals surface area contributed by atoms with E-state index in [9.17, 15) is 9.59 Å². The van der Waals surface area contributed by atoms with E-state index < -0.39 is 0 Å². The molecule has 1 aromatic carbocycles. The Hall–Kier alpha value is -3.22. The molecule has 1 aliphatic heterocycles. The van der Waals surface area contributed by atoms with Crippen LogP contribution >= 0.6 is 0 Å². The number of aromatic nitrogens is 2. The molecule has 2 aromatic rings. The molecule has 0 N–H and O–H groups in total. The van der Waals surface area contributed by atoms with Gasteiger partial charge in [-0.1, -0.05) is 18.7 Å². The lowest BCUT2D eigenvalue weighted by Crippen LogP contribution is -2.44. The lowest BCUT2D eigenvalue weighted by molar-refractivity contribution is -0.138. The minimum Gasteiger partial charge on any atom is -0.496 e. The van der Waals surface area contributed by atoms with Gasteiger partial charge in [-0.3, -0.25) is 9.59 Å². The summed E-state index contributed by atoms with van der Waals surface area (Å²) in [5, 5.41) is 0. The summed E-state index contributed by atoms with van der Waals surface area (Å²) in [6.07, 6.45) is 4.57. The maximum atomic E-state index is 12.4. The highest BCUT2D eigenvalue weighted by molar-refractivity contribution is 5.90. The van der Waals surface area contributed by atoms with E-state index in [2.05, 4.69) is 11.6 Å². The molecular weight excluding hydrogens is 368 g/mol. The van der Waals surface area contributed by atoms with Crippen molar-refractivity contribution < 1.29 is 14.3 Å². The number of benzene rings is 1. The third-order valence-corrected chi connectivity index (χ3v) is 5.19. The highest BCUT2D eigenvalue weighted by Crippen LogP contribution is 2.30. The van der Waals surface area contributed by atoms with Gasteiger partial charge in [0.15, 0.2) is 0 Å². The first-order valence-electron chi connectivity index (χ1n) is 9.65. The number of hydrogen-bond donors (Lipinski definition) is 0. The van der Waals surface area contributed by atoms with Gasteiger partial charge in [0.05, 0.1) is 19.3 Å². The second kappa shape index (κ2) is 9.32. The van der Waals surface area contributed by atoms with E-state index in [4.69, 9.17) is 9.72 Å². The van der Waals surface area contributed by atoms with Crippen molar-refractivity contribution in [2.75, 3.05) is 33.8 Å². The number of para-hydroxylation sites is 1. The number of ether oxygens (including phenoxy) is 1. The molecule has 29 heavy (non-hydrogen) atoms. The second-order valence-electron chi connectivity index (χ2n) is 7.05. The van der Waals surface area contributed by atoms with Crippen molar-refractivity contribution >= 4 is 11.8 Å². The van der Waals surface area contributed by atoms with E-state index in [0.29, 0.717) is 13.1 Å². The third kappa shape index (κ3) is 4.80. The van der Waals surface area contributed by atoms with E-state index in [1.807, 2.05) is 30.3 Å². The van der Waals surface area contributed by atoms with Gasteiger partial charge in [-0.2, -0.15) is 0 Å². The minimum atomic E-state index is -0.255. The maximum absolute atomic E-state index is 12.4. The summed E-state index contributed by atoms with van der Waals surface area (Å²) < 4.78 is 5.44. The first-order valence-corrected chi connectivity index (χ1v) is 9.65. The Morgan fingerprint density at radius 3 is 2.69 bits per heavy atom. The molecule has 7 heteroatoms. The average Bonchev–Trinajstić information content (AvgIpc) is 2.78. The number of nitrogens with zero attached hydrogens (tertiary/aromatic N) is 4. The number of carbonyl (C=O) groups excluding carboxylic acids is 2. The molecule has 2 amide bonds. The highest BCUT2D eigenvalue weighted by Gasteiger charge is 2.26. The lowest BCUT2D eigenvalue weighted by atomic mass is 9.95. The zero-order valence-electron chi connectivity index (χ0n) is 16.9. The monoisotopic (exact) mass is 394 g/mol. The Labute approximate surface area is 171 Å². The Kier molecular flexibility index (Phi) is 6.59. The fourth-order valence-electron chi connectivity index (χ4n) is 3.50. The molecule has 1 aromatic heterocycles. The molecule has 7 nitrogen and oxygen atoms in total. The standard InChI is InChI=1S/C22H26N4O3/c1-4-20(27)25(2)15-21(28)26-13-10-16(11-14-26)22-23-12-9-18(24-22)17-7-5-6-8-19(17)29-3/h4-9,12,16H,1,10-11,13-15H2,2-3H3. The van der Waals surface area contributed by atoms with E-state index in [1.54, 1.807) is 25.3 Å². The Bertz CT molecular complexity index is 891. The van der Waals surface area contributed by atoms with E-state index in [0.717, 1.165) is 35.7 Å². The molecular formula is C22H26N4O3. The highest BCUT2D eigenvalue weighted by atomic mass is 16.5. The van der Waals surface area contributed by atoms with Crippen molar-refractivity contribution in [3.8, 4) is 17.0 Å². The van der Waals surface area contributed by atoms with Crippen LogP contribution in [0.4, 0.5) is 0 Å². The summed E-state index contributed by atoms with van der Waals surface area (Å²) in [6, 6.07) is 9.66. The molecule has 0 aliphatic carbocycles. The topological polar surface area (TPSA) is 75.6 Å². The zero-order chi connectivity index (χ0) is 20.8. The molecule has 0 radical (unpaired) electrons. The molecule has 0 spiro atoms. The molecule has 1 aliphatic rings. The third-order valence-electron chi connectivity index (χ3n) is 5.19. The van der Waals surface area contributed by atoms with Crippen molar-refractivity contribution in [2.45, 2.75) is 18.8 Å². The van der Waals surface area contributed by atoms with Crippen LogP contribution in [0.2, 0.25) is 0 Å². The van der Waals surface area contributed by atoms with Crippen molar-refractivity contribution in [2.24, 2.45) is 0 Å². The van der Waals surface area contributed by atoms with Crippen LogP contribution in [0.1, 0.15) is 24.6 Å². The van der Waals surface area contributed by atoms with Crippen LogP contribution in [0.3, 0.4) is 0 Å². The smallest absolute Gasteiger partial charge is 0.246 e. The van der Waals surface area contributed by atoms with Crippen LogP contribution < -0.4 is 4.74 Å². The Morgan fingerprint density at radius 1 is 1.28 bits per heavy atom. The van der Waals surface area contributed by atoms with E-state index in [-0.39, 0.29) is 24.3 Å². The summed E-state index contributed by atoms with van der Waals surface area (Å²) in [4.78, 5) is 36.4. The van der Waals surface area contributed by atoms with Crippen molar-refractivity contribution in [1.82, 2.24) is 19.8 Å². The number of methoxy groups -OCH3 is 1. The number of rotatable bonds is 6. The van der Waals surface area contributed by atoms with Gasteiger partial charge in [0, 0.05) is 37.8 Å². The average molecular weight is 394 g/mol. The molecule has 1 fully saturated rings. The first kappa shape index (κ1) is 20.5. The van der Waals surface area contributed by atoms with Gasteiger partial charge >= 0.3 is 0 Å². The van der Waals surface area contributed by atoms with Crippen molar-refractivity contribution in [3.63, 3.8) is 0 Å². The van der Waals surface area contributed by atoms with Crippen LogP contribution in [0.25, 0.3) is 11.3 Å². The Balaban J connectivity index is 1.65. The predicted octanol–water partition coefficient (Wildman–Crippen LogP) is 2.50. The van der Waals surface area contributed by atoms with Gasteiger partial charge in [0.2, 0.25) is 11.8 Å². The van der Waals surface area contributed by atoms with Crippen LogP contribution in [-0.4, -0.2) is 65.4 Å². The number of likely N-dealkylation sites (N-methyl/N-ethyl adjacent to an activating group) is 1. The molecule has 0 bridgehead atoms. The van der Waals surface area contributed by atoms with Gasteiger partial charge in [-0.05, 0) is 37.1 Å². The van der Waals surface area contributed by atoms with Gasteiger partial charge in [-0.25, -0.2) is 9.97 Å². The van der Waals surface area contributed by atoms with Crippen LogP contribution in [0.5, 0.6) is 5.75 Å². The van der Waals surface area contributed by atoms with Crippen LogP contribution in [0, 0.1) is 0 Å². The quantitative estimate of drug-likeness (QED) is 0.704. The second-order valence-corrected chi connectivity index (χ2v) is 7.05. The van der Waals surface area contributed by atoms with Gasteiger partial charge in [0.25, 0.3) is 0 Å². The fourth-order valence-corrected chi connectivity index (χ4v) is 3.50. The summed E-state index contributed by atoms with van der Waals surface area (Å²) in [6.45, 7) is 4.77. The Morgan fingerprint density at radius 2 is 2.00 bits per heavy atom. The largest absolute Gasteiger partial charge is 0.496 e. The van der Waals surface area contributed by atoms with E-state index in [1.165, 1.54) is 11.0 Å². The zero-order valence-corrected chi connectivity index (χ0v) is 16.9. The maximum Gasteiger partial charge on any atom is 0.246 e. The SMILES string of the molecule is C=CC(=O)N(C)CC(=O)N1CCC(c2nccc(-c3ccccc3OC)n2)CC1. The predicted molar refractivity (Wildman–Crippen MR) is 110 cm³/mol. The fraction of sp³-hybridized carbons (Fsp3) is 0.364. The molecule has 3 rings (SSSR count).